The molecule has 0 saturated heterocycles. The van der Waals surface area contributed by atoms with E-state index in [0.29, 0.717) is 32.5 Å². The smallest absolute Gasteiger partial charge is 0.324 e. The highest BCUT2D eigenvalue weighted by Crippen LogP contribution is 2.12. The summed E-state index contributed by atoms with van der Waals surface area (Å²) in [6.45, 7) is 4.16. The van der Waals surface area contributed by atoms with E-state index < -0.39 is 12.0 Å². The first-order valence-electron chi connectivity index (χ1n) is 5.78. The zero-order valence-corrected chi connectivity index (χ0v) is 11.2. The second kappa shape index (κ2) is 9.30. The summed E-state index contributed by atoms with van der Waals surface area (Å²) in [6, 6.07) is -0.750. The number of esters is 2. The average molecular weight is 263 g/mol. The molecule has 0 spiro atoms. The summed E-state index contributed by atoms with van der Waals surface area (Å²) in [5.41, 5.74) is 5.66. The van der Waals surface area contributed by atoms with Crippen LogP contribution in [0.2, 0.25) is 0 Å². The zero-order valence-electron chi connectivity index (χ0n) is 10.3. The molecule has 17 heavy (non-hydrogen) atoms. The number of carbonyl (C=O) groups is 2. The summed E-state index contributed by atoms with van der Waals surface area (Å²) in [6.07, 6.45) is 1.49. The van der Waals surface area contributed by atoms with Crippen LogP contribution in [0.15, 0.2) is 0 Å². The Kier molecular flexibility index (Phi) is 8.89. The van der Waals surface area contributed by atoms with Crippen LogP contribution in [0.25, 0.3) is 0 Å². The highest BCUT2D eigenvalue weighted by molar-refractivity contribution is 7.81. The minimum absolute atomic E-state index is 0.238. The van der Waals surface area contributed by atoms with E-state index in [1.165, 1.54) is 0 Å². The molecule has 0 aliphatic rings. The van der Waals surface area contributed by atoms with Crippen LogP contribution in [-0.2, 0) is 19.1 Å². The van der Waals surface area contributed by atoms with Gasteiger partial charge in [-0.25, -0.2) is 0 Å². The molecular formula is C11H21NO4S. The molecule has 1 unspecified atom stereocenters. The standard InChI is InChI=1S/C11H21NO4S/c1-3-15-9(13)7-5-6-8(17)10(12)11(14)16-4-2/h8,10,17H,3-7,12H2,1-2H3/t8?,10-/m0/s1. The molecule has 0 heterocycles. The van der Waals surface area contributed by atoms with Gasteiger partial charge in [0.2, 0.25) is 0 Å². The van der Waals surface area contributed by atoms with E-state index in [0.717, 1.165) is 0 Å². The van der Waals surface area contributed by atoms with Crippen molar-refractivity contribution in [1.82, 2.24) is 0 Å². The van der Waals surface area contributed by atoms with Gasteiger partial charge in [0, 0.05) is 11.7 Å². The molecule has 0 amide bonds. The van der Waals surface area contributed by atoms with Crippen LogP contribution in [0.1, 0.15) is 33.1 Å². The molecular weight excluding hydrogens is 242 g/mol. The molecule has 5 nitrogen and oxygen atoms in total. The average Bonchev–Trinajstić information content (AvgIpc) is 2.28. The Morgan fingerprint density at radius 3 is 2.35 bits per heavy atom. The zero-order chi connectivity index (χ0) is 13.3. The van der Waals surface area contributed by atoms with Crippen LogP contribution >= 0.6 is 12.6 Å². The maximum absolute atomic E-state index is 11.3. The minimum atomic E-state index is -0.750. The Morgan fingerprint density at radius 1 is 1.24 bits per heavy atom. The van der Waals surface area contributed by atoms with Crippen LogP contribution in [0, 0.1) is 0 Å². The van der Waals surface area contributed by atoms with Gasteiger partial charge in [-0.1, -0.05) is 0 Å². The maximum Gasteiger partial charge on any atom is 0.324 e. The molecule has 0 aromatic rings. The summed E-state index contributed by atoms with van der Waals surface area (Å²) in [5.74, 6) is -0.693. The van der Waals surface area contributed by atoms with Gasteiger partial charge in [0.1, 0.15) is 6.04 Å². The monoisotopic (exact) mass is 263 g/mol. The Labute approximate surface area is 107 Å². The first kappa shape index (κ1) is 16.2. The number of rotatable bonds is 8. The molecule has 0 rings (SSSR count). The van der Waals surface area contributed by atoms with Crippen molar-refractivity contribution in [3.05, 3.63) is 0 Å². The Balaban J connectivity index is 3.81. The van der Waals surface area contributed by atoms with Gasteiger partial charge in [0.15, 0.2) is 0 Å². The molecule has 0 fully saturated rings. The van der Waals surface area contributed by atoms with Crippen LogP contribution in [-0.4, -0.2) is 36.4 Å². The fourth-order valence-electron chi connectivity index (χ4n) is 1.26. The largest absolute Gasteiger partial charge is 0.466 e. The quantitative estimate of drug-likeness (QED) is 0.502. The SMILES string of the molecule is CCOC(=O)CCCC(S)[C@H](N)C(=O)OCC. The Morgan fingerprint density at radius 2 is 1.82 bits per heavy atom. The molecule has 0 aromatic heterocycles. The lowest BCUT2D eigenvalue weighted by atomic mass is 10.1. The number of hydrogen-bond donors (Lipinski definition) is 2. The van der Waals surface area contributed by atoms with E-state index in [9.17, 15) is 9.59 Å². The molecule has 0 bridgehead atoms. The molecule has 0 aromatic carbocycles. The lowest BCUT2D eigenvalue weighted by molar-refractivity contribution is -0.144. The number of carbonyl (C=O) groups excluding carboxylic acids is 2. The van der Waals surface area contributed by atoms with Gasteiger partial charge in [0.25, 0.3) is 0 Å². The molecule has 2 N–H and O–H groups in total. The van der Waals surface area contributed by atoms with Gasteiger partial charge in [-0.3, -0.25) is 9.59 Å². The van der Waals surface area contributed by atoms with Crippen LogP contribution < -0.4 is 5.73 Å². The number of ether oxygens (including phenoxy) is 2. The second-order valence-electron chi connectivity index (χ2n) is 3.54. The van der Waals surface area contributed by atoms with Crippen molar-refractivity contribution >= 4 is 24.6 Å². The van der Waals surface area contributed by atoms with Crippen molar-refractivity contribution in [2.75, 3.05) is 13.2 Å². The van der Waals surface area contributed by atoms with E-state index in [1.54, 1.807) is 13.8 Å². The number of nitrogens with two attached hydrogens (primary N) is 1. The molecule has 6 heteroatoms. The van der Waals surface area contributed by atoms with Gasteiger partial charge in [-0.2, -0.15) is 12.6 Å². The summed E-state index contributed by atoms with van der Waals surface area (Å²) >= 11 is 4.23. The Bertz CT molecular complexity index is 248. The van der Waals surface area contributed by atoms with Crippen molar-refractivity contribution in [2.24, 2.45) is 5.73 Å². The van der Waals surface area contributed by atoms with E-state index in [-0.39, 0.29) is 11.2 Å². The number of hydrogen-bond acceptors (Lipinski definition) is 6. The predicted molar refractivity (Wildman–Crippen MR) is 67.9 cm³/mol. The summed E-state index contributed by atoms with van der Waals surface area (Å²) in [5, 5.41) is -0.302. The molecule has 0 saturated carbocycles. The van der Waals surface area contributed by atoms with Crippen LogP contribution in [0.4, 0.5) is 0 Å². The third-order valence-corrected chi connectivity index (χ3v) is 2.74. The lowest BCUT2D eigenvalue weighted by Gasteiger charge is -2.17. The summed E-state index contributed by atoms with van der Waals surface area (Å²) in [7, 11) is 0. The van der Waals surface area contributed by atoms with E-state index in [2.05, 4.69) is 12.6 Å². The maximum atomic E-state index is 11.3. The van der Waals surface area contributed by atoms with Gasteiger partial charge < -0.3 is 15.2 Å². The topological polar surface area (TPSA) is 78.6 Å². The summed E-state index contributed by atoms with van der Waals surface area (Å²) in [4.78, 5) is 22.4. The van der Waals surface area contributed by atoms with Gasteiger partial charge >= 0.3 is 11.9 Å². The van der Waals surface area contributed by atoms with Crippen LogP contribution in [0.3, 0.4) is 0 Å². The fourth-order valence-corrected chi connectivity index (χ4v) is 1.57. The molecule has 2 atom stereocenters. The molecule has 0 radical (unpaired) electrons. The van der Waals surface area contributed by atoms with Crippen molar-refractivity contribution in [3.63, 3.8) is 0 Å². The molecule has 100 valence electrons. The normalized spacial score (nSPS) is 13.9. The van der Waals surface area contributed by atoms with Crippen molar-refractivity contribution in [3.8, 4) is 0 Å². The second-order valence-corrected chi connectivity index (χ2v) is 4.21. The van der Waals surface area contributed by atoms with E-state index >= 15 is 0 Å². The van der Waals surface area contributed by atoms with Gasteiger partial charge in [-0.15, -0.1) is 0 Å². The van der Waals surface area contributed by atoms with Gasteiger partial charge in [0.05, 0.1) is 13.2 Å². The van der Waals surface area contributed by atoms with E-state index in [4.69, 9.17) is 15.2 Å². The molecule has 0 aliphatic carbocycles. The summed E-state index contributed by atoms with van der Waals surface area (Å²) < 4.78 is 9.57. The molecule has 0 aliphatic heterocycles. The predicted octanol–water partition coefficient (Wildman–Crippen LogP) is 0.909. The first-order chi connectivity index (χ1) is 8.02. The van der Waals surface area contributed by atoms with Crippen molar-refractivity contribution in [1.29, 1.82) is 0 Å². The number of thiol groups is 1. The Hall–Kier alpha value is -0.750. The third-order valence-electron chi connectivity index (χ3n) is 2.16. The highest BCUT2D eigenvalue weighted by atomic mass is 32.1. The highest BCUT2D eigenvalue weighted by Gasteiger charge is 2.22. The van der Waals surface area contributed by atoms with Crippen molar-refractivity contribution in [2.45, 2.75) is 44.4 Å². The van der Waals surface area contributed by atoms with Crippen molar-refractivity contribution < 1.29 is 19.1 Å². The minimum Gasteiger partial charge on any atom is -0.466 e. The van der Waals surface area contributed by atoms with Crippen LogP contribution in [0.5, 0.6) is 0 Å². The fraction of sp³-hybridized carbons (Fsp3) is 0.818. The lowest BCUT2D eigenvalue weighted by Crippen LogP contribution is -2.40. The van der Waals surface area contributed by atoms with Gasteiger partial charge in [-0.05, 0) is 26.7 Å². The van der Waals surface area contributed by atoms with E-state index in [1.807, 2.05) is 0 Å². The third kappa shape index (κ3) is 7.23. The first-order valence-corrected chi connectivity index (χ1v) is 6.30.